The van der Waals surface area contributed by atoms with E-state index in [0.29, 0.717) is 24.7 Å². The monoisotopic (exact) mass is 289 g/mol. The molecule has 5 heteroatoms. The Bertz CT molecular complexity index is 571. The summed E-state index contributed by atoms with van der Waals surface area (Å²) in [4.78, 5) is 4.44. The van der Waals surface area contributed by atoms with E-state index in [9.17, 15) is 0 Å². The minimum atomic E-state index is -0.447. The Morgan fingerprint density at radius 1 is 1.14 bits per heavy atom. The Labute approximate surface area is 125 Å². The third-order valence-electron chi connectivity index (χ3n) is 3.95. The molecule has 1 aromatic heterocycles. The normalized spacial score (nSPS) is 12.4. The Hall–Kier alpha value is -1.88. The molecule has 0 spiro atoms. The molecule has 5 nitrogen and oxygen atoms in total. The second kappa shape index (κ2) is 5.85. The lowest BCUT2D eigenvalue weighted by atomic mass is 9.75. The summed E-state index contributed by atoms with van der Waals surface area (Å²) in [5.41, 5.74) is 5.34. The van der Waals surface area contributed by atoms with E-state index in [2.05, 4.69) is 10.1 Å². The van der Waals surface area contributed by atoms with Crippen molar-refractivity contribution in [2.75, 3.05) is 6.61 Å². The fraction of sp³-hybridized carbons (Fsp3) is 0.500. The molecule has 0 radical (unpaired) electrons. The standard InChI is InChI=1S/C16H23N3O2/c1-15(2,16(3,4)17)14-18-13(19-21-14)10-11-20-12-8-6-5-7-9-12/h5-9H,10-11,17H2,1-4H3. The summed E-state index contributed by atoms with van der Waals surface area (Å²) in [6.07, 6.45) is 0.597. The van der Waals surface area contributed by atoms with Crippen LogP contribution in [0.3, 0.4) is 0 Å². The second-order valence-electron chi connectivity index (χ2n) is 6.27. The molecule has 0 bridgehead atoms. The van der Waals surface area contributed by atoms with Crippen molar-refractivity contribution in [2.45, 2.75) is 45.1 Å². The van der Waals surface area contributed by atoms with Crippen LogP contribution in [0.5, 0.6) is 5.75 Å². The average molecular weight is 289 g/mol. The molecule has 0 amide bonds. The van der Waals surface area contributed by atoms with E-state index in [0.717, 1.165) is 5.75 Å². The van der Waals surface area contributed by atoms with Gasteiger partial charge in [-0.1, -0.05) is 23.4 Å². The fourth-order valence-corrected chi connectivity index (χ4v) is 1.66. The van der Waals surface area contributed by atoms with Crippen LogP contribution in [0, 0.1) is 0 Å². The number of aromatic nitrogens is 2. The van der Waals surface area contributed by atoms with Crippen molar-refractivity contribution in [3.8, 4) is 5.75 Å². The second-order valence-corrected chi connectivity index (χ2v) is 6.27. The molecule has 21 heavy (non-hydrogen) atoms. The maximum Gasteiger partial charge on any atom is 0.234 e. The quantitative estimate of drug-likeness (QED) is 0.885. The molecule has 0 saturated heterocycles. The van der Waals surface area contributed by atoms with Crippen LogP contribution in [0.25, 0.3) is 0 Å². The van der Waals surface area contributed by atoms with Gasteiger partial charge in [-0.2, -0.15) is 4.98 Å². The predicted molar refractivity (Wildman–Crippen MR) is 81.2 cm³/mol. The number of ether oxygens (including phenoxy) is 1. The van der Waals surface area contributed by atoms with Gasteiger partial charge in [0.1, 0.15) is 5.75 Å². The average Bonchev–Trinajstić information content (AvgIpc) is 2.88. The van der Waals surface area contributed by atoms with Gasteiger partial charge in [-0.15, -0.1) is 0 Å². The van der Waals surface area contributed by atoms with Crippen molar-refractivity contribution in [3.63, 3.8) is 0 Å². The molecular formula is C16H23N3O2. The summed E-state index contributed by atoms with van der Waals surface area (Å²) in [5, 5.41) is 4.01. The van der Waals surface area contributed by atoms with Crippen molar-refractivity contribution in [3.05, 3.63) is 42.0 Å². The lowest BCUT2D eigenvalue weighted by Crippen LogP contribution is -2.50. The SMILES string of the molecule is CC(C)(N)C(C)(C)c1nc(CCOc2ccccc2)no1. The van der Waals surface area contributed by atoms with Crippen LogP contribution in [0.2, 0.25) is 0 Å². The van der Waals surface area contributed by atoms with Gasteiger partial charge in [-0.05, 0) is 39.8 Å². The van der Waals surface area contributed by atoms with Gasteiger partial charge in [0.05, 0.1) is 12.0 Å². The number of hydrogen-bond donors (Lipinski definition) is 1. The predicted octanol–water partition coefficient (Wildman–Crippen LogP) is 2.71. The molecule has 114 valence electrons. The van der Waals surface area contributed by atoms with Gasteiger partial charge < -0.3 is 15.0 Å². The van der Waals surface area contributed by atoms with E-state index in [1.54, 1.807) is 0 Å². The Kier molecular flexibility index (Phi) is 4.32. The summed E-state index contributed by atoms with van der Waals surface area (Å²) >= 11 is 0. The maximum absolute atomic E-state index is 6.18. The van der Waals surface area contributed by atoms with Gasteiger partial charge in [0, 0.05) is 12.0 Å². The van der Waals surface area contributed by atoms with Crippen LogP contribution in [-0.4, -0.2) is 22.3 Å². The zero-order chi connectivity index (χ0) is 15.5. The first-order chi connectivity index (χ1) is 9.80. The van der Waals surface area contributed by atoms with E-state index in [-0.39, 0.29) is 0 Å². The highest BCUT2D eigenvalue weighted by atomic mass is 16.5. The van der Waals surface area contributed by atoms with Gasteiger partial charge >= 0.3 is 0 Å². The molecule has 1 heterocycles. The molecule has 0 saturated carbocycles. The molecule has 0 aliphatic carbocycles. The minimum Gasteiger partial charge on any atom is -0.493 e. The van der Waals surface area contributed by atoms with Crippen molar-refractivity contribution in [1.82, 2.24) is 10.1 Å². The Morgan fingerprint density at radius 2 is 1.81 bits per heavy atom. The molecule has 2 aromatic rings. The summed E-state index contributed by atoms with van der Waals surface area (Å²) < 4.78 is 11.0. The lowest BCUT2D eigenvalue weighted by molar-refractivity contribution is 0.222. The summed E-state index contributed by atoms with van der Waals surface area (Å²) in [5.74, 6) is 2.03. The number of nitrogens with zero attached hydrogens (tertiary/aromatic N) is 2. The molecule has 2 rings (SSSR count). The van der Waals surface area contributed by atoms with Crippen LogP contribution in [0.15, 0.2) is 34.9 Å². The first kappa shape index (κ1) is 15.5. The molecule has 0 atom stereocenters. The Balaban J connectivity index is 1.95. The van der Waals surface area contributed by atoms with E-state index in [4.69, 9.17) is 15.0 Å². The number of benzene rings is 1. The lowest BCUT2D eigenvalue weighted by Gasteiger charge is -2.34. The summed E-state index contributed by atoms with van der Waals surface area (Å²) in [7, 11) is 0. The number of rotatable bonds is 6. The topological polar surface area (TPSA) is 74.2 Å². The molecule has 0 aliphatic heterocycles. The van der Waals surface area contributed by atoms with Crippen molar-refractivity contribution < 1.29 is 9.26 Å². The molecule has 0 fully saturated rings. The molecular weight excluding hydrogens is 266 g/mol. The minimum absolute atomic E-state index is 0.390. The number of nitrogens with two attached hydrogens (primary N) is 1. The molecule has 1 aromatic carbocycles. The smallest absolute Gasteiger partial charge is 0.234 e. The maximum atomic E-state index is 6.18. The van der Waals surface area contributed by atoms with Gasteiger partial charge in [-0.25, -0.2) is 0 Å². The van der Waals surface area contributed by atoms with Gasteiger partial charge in [0.25, 0.3) is 0 Å². The third-order valence-corrected chi connectivity index (χ3v) is 3.95. The van der Waals surface area contributed by atoms with E-state index in [1.165, 1.54) is 0 Å². The van der Waals surface area contributed by atoms with Crippen LogP contribution in [0.1, 0.15) is 39.4 Å². The third kappa shape index (κ3) is 3.61. The summed E-state index contributed by atoms with van der Waals surface area (Å²) in [6.45, 7) is 8.43. The molecule has 0 unspecified atom stereocenters. The molecule has 2 N–H and O–H groups in total. The zero-order valence-electron chi connectivity index (χ0n) is 13.1. The Morgan fingerprint density at radius 3 is 2.43 bits per heavy atom. The largest absolute Gasteiger partial charge is 0.493 e. The summed E-state index contributed by atoms with van der Waals surface area (Å²) in [6, 6.07) is 9.67. The van der Waals surface area contributed by atoms with Crippen LogP contribution < -0.4 is 10.5 Å². The van der Waals surface area contributed by atoms with Crippen molar-refractivity contribution in [2.24, 2.45) is 5.73 Å². The highest BCUT2D eigenvalue weighted by molar-refractivity contribution is 5.20. The van der Waals surface area contributed by atoms with Crippen molar-refractivity contribution in [1.29, 1.82) is 0 Å². The van der Waals surface area contributed by atoms with Gasteiger partial charge in [0.2, 0.25) is 5.89 Å². The van der Waals surface area contributed by atoms with Crippen LogP contribution >= 0.6 is 0 Å². The first-order valence-electron chi connectivity index (χ1n) is 7.10. The van der Waals surface area contributed by atoms with Gasteiger partial charge in [0.15, 0.2) is 5.82 Å². The zero-order valence-corrected chi connectivity index (χ0v) is 13.1. The van der Waals surface area contributed by atoms with E-state index < -0.39 is 11.0 Å². The fourth-order valence-electron chi connectivity index (χ4n) is 1.66. The highest BCUT2D eigenvalue weighted by Crippen LogP contribution is 2.31. The van der Waals surface area contributed by atoms with Crippen molar-refractivity contribution >= 4 is 0 Å². The van der Waals surface area contributed by atoms with E-state index in [1.807, 2.05) is 58.0 Å². The van der Waals surface area contributed by atoms with Crippen LogP contribution in [-0.2, 0) is 11.8 Å². The van der Waals surface area contributed by atoms with E-state index >= 15 is 0 Å². The molecule has 0 aliphatic rings. The first-order valence-corrected chi connectivity index (χ1v) is 7.10. The number of para-hydroxylation sites is 1. The highest BCUT2D eigenvalue weighted by Gasteiger charge is 2.40. The van der Waals surface area contributed by atoms with Gasteiger partial charge in [-0.3, -0.25) is 0 Å². The number of hydrogen-bond acceptors (Lipinski definition) is 5. The van der Waals surface area contributed by atoms with Crippen LogP contribution in [0.4, 0.5) is 0 Å².